The number of carbonyl (C=O) groups excluding carboxylic acids is 3. The highest BCUT2D eigenvalue weighted by molar-refractivity contribution is 6.00. The third-order valence-electron chi connectivity index (χ3n) is 6.74. The van der Waals surface area contributed by atoms with Gasteiger partial charge < -0.3 is 20.3 Å². The van der Waals surface area contributed by atoms with Crippen molar-refractivity contribution in [3.8, 4) is 0 Å². The smallest absolute Gasteiger partial charge is 0.408 e. The molecule has 1 atom stereocenters. The topological polar surface area (TPSA) is 87.7 Å². The normalized spacial score (nSPS) is 12.0. The molecule has 3 aromatic carbocycles. The fraction of sp³-hybridized carbons (Fsp3) is 0.441. The predicted molar refractivity (Wildman–Crippen MR) is 166 cm³/mol. The van der Waals surface area contributed by atoms with Gasteiger partial charge in [-0.2, -0.15) is 0 Å². The zero-order valence-corrected chi connectivity index (χ0v) is 25.4. The maximum Gasteiger partial charge on any atom is 0.408 e. The number of carbonyl (C=O) groups is 3. The van der Waals surface area contributed by atoms with Crippen LogP contribution in [-0.2, 0) is 14.3 Å². The first-order valence-electron chi connectivity index (χ1n) is 14.6. The fourth-order valence-electron chi connectivity index (χ4n) is 4.97. The Morgan fingerprint density at radius 3 is 2.17 bits per heavy atom. The molecule has 0 heterocycles. The third-order valence-corrected chi connectivity index (χ3v) is 6.74. The number of amides is 3. The van der Waals surface area contributed by atoms with Crippen molar-refractivity contribution in [3.05, 3.63) is 77.4 Å². The maximum atomic E-state index is 14.1. The molecule has 3 amide bonds. The minimum atomic E-state index is -0.876. The largest absolute Gasteiger partial charge is 0.444 e. The Morgan fingerprint density at radius 1 is 0.854 bits per heavy atom. The highest BCUT2D eigenvalue weighted by Crippen LogP contribution is 2.27. The Hall–Kier alpha value is -3.87. The Balaban J connectivity index is 1.93. The number of hydrogen-bond acceptors (Lipinski definition) is 4. The minimum absolute atomic E-state index is 0.269. The lowest BCUT2D eigenvalue weighted by molar-refractivity contribution is -0.138. The van der Waals surface area contributed by atoms with Gasteiger partial charge in [0.2, 0.25) is 5.91 Å². The molecule has 1 unspecified atom stereocenters. The van der Waals surface area contributed by atoms with E-state index in [4.69, 9.17) is 4.74 Å². The average Bonchev–Trinajstić information content (AvgIpc) is 2.89. The van der Waals surface area contributed by atoms with E-state index in [1.165, 1.54) is 0 Å². The van der Waals surface area contributed by atoms with Gasteiger partial charge in [-0.15, -0.1) is 0 Å². The van der Waals surface area contributed by atoms with Crippen LogP contribution in [0.2, 0.25) is 0 Å². The van der Waals surface area contributed by atoms with Crippen molar-refractivity contribution in [1.29, 1.82) is 0 Å². The summed E-state index contributed by atoms with van der Waals surface area (Å²) in [6.45, 7) is 11.5. The van der Waals surface area contributed by atoms with Crippen molar-refractivity contribution in [3.63, 3.8) is 0 Å². The van der Waals surface area contributed by atoms with Crippen LogP contribution in [0.5, 0.6) is 0 Å². The molecule has 0 bridgehead atoms. The van der Waals surface area contributed by atoms with E-state index in [1.807, 2.05) is 74.5 Å². The summed E-state index contributed by atoms with van der Waals surface area (Å²) in [5, 5.41) is 7.74. The number of benzene rings is 3. The van der Waals surface area contributed by atoms with Crippen LogP contribution in [-0.4, -0.2) is 41.5 Å². The van der Waals surface area contributed by atoms with Gasteiger partial charge in [0.15, 0.2) is 0 Å². The highest BCUT2D eigenvalue weighted by Gasteiger charge is 2.32. The van der Waals surface area contributed by atoms with Gasteiger partial charge in [0.1, 0.15) is 18.2 Å². The molecule has 0 aromatic heterocycles. The summed E-state index contributed by atoms with van der Waals surface area (Å²) in [5.41, 5.74) is 2.72. The maximum absolute atomic E-state index is 14.1. The van der Waals surface area contributed by atoms with Crippen LogP contribution in [0, 0.1) is 13.8 Å². The monoisotopic (exact) mass is 559 g/mol. The summed E-state index contributed by atoms with van der Waals surface area (Å²) in [7, 11) is 0. The minimum Gasteiger partial charge on any atom is -0.444 e. The summed E-state index contributed by atoms with van der Waals surface area (Å²) in [6.07, 6.45) is 4.33. The van der Waals surface area contributed by atoms with Crippen LogP contribution >= 0.6 is 0 Å². The van der Waals surface area contributed by atoms with Crippen molar-refractivity contribution in [2.75, 3.05) is 18.4 Å². The van der Waals surface area contributed by atoms with Crippen LogP contribution in [0.3, 0.4) is 0 Å². The Morgan fingerprint density at radius 2 is 1.51 bits per heavy atom. The molecule has 3 rings (SSSR count). The summed E-state index contributed by atoms with van der Waals surface area (Å²) in [4.78, 5) is 41.7. The molecule has 0 fully saturated rings. The van der Waals surface area contributed by atoms with E-state index < -0.39 is 17.7 Å². The van der Waals surface area contributed by atoms with E-state index >= 15 is 0 Å². The van der Waals surface area contributed by atoms with Gasteiger partial charge in [-0.05, 0) is 69.5 Å². The van der Waals surface area contributed by atoms with Crippen LogP contribution in [0.15, 0.2) is 60.7 Å². The van der Waals surface area contributed by atoms with E-state index in [2.05, 4.69) is 17.6 Å². The number of fused-ring (bicyclic) bond motifs is 1. The molecule has 0 spiro atoms. The number of ether oxygens (including phenoxy) is 1. The van der Waals surface area contributed by atoms with Crippen molar-refractivity contribution in [1.82, 2.24) is 10.2 Å². The summed E-state index contributed by atoms with van der Waals surface area (Å²) in [6, 6.07) is 18.8. The van der Waals surface area contributed by atoms with E-state index in [1.54, 1.807) is 25.7 Å². The van der Waals surface area contributed by atoms with Gasteiger partial charge >= 0.3 is 6.09 Å². The lowest BCUT2D eigenvalue weighted by atomic mass is 9.98. The number of rotatable bonds is 12. The molecule has 2 N–H and O–H groups in total. The number of hydrogen-bond donors (Lipinski definition) is 2. The molecule has 3 aromatic rings. The SMILES string of the molecule is CCCCCCCN(C(=O)CNC(=O)OC(C)(C)C)C(C(=O)Nc1ccc2ccccc2c1)c1cc(C)cc(C)c1. The van der Waals surface area contributed by atoms with Crippen LogP contribution in [0.4, 0.5) is 10.5 Å². The molecule has 7 nitrogen and oxygen atoms in total. The highest BCUT2D eigenvalue weighted by atomic mass is 16.6. The van der Waals surface area contributed by atoms with Gasteiger partial charge in [0.25, 0.3) is 5.91 Å². The molecule has 7 heteroatoms. The zero-order chi connectivity index (χ0) is 30.0. The Kier molecular flexibility index (Phi) is 11.3. The van der Waals surface area contributed by atoms with Crippen molar-refractivity contribution in [2.24, 2.45) is 0 Å². The molecule has 0 aliphatic rings. The van der Waals surface area contributed by atoms with E-state index in [0.29, 0.717) is 12.2 Å². The molecular formula is C34H45N3O4. The molecular weight excluding hydrogens is 514 g/mol. The van der Waals surface area contributed by atoms with Gasteiger partial charge in [-0.25, -0.2) is 4.79 Å². The molecule has 0 aliphatic carbocycles. The van der Waals surface area contributed by atoms with Crippen LogP contribution in [0.25, 0.3) is 10.8 Å². The Labute approximate surface area is 244 Å². The van der Waals surface area contributed by atoms with E-state index in [0.717, 1.165) is 59.6 Å². The number of nitrogens with one attached hydrogen (secondary N) is 2. The predicted octanol–water partition coefficient (Wildman–Crippen LogP) is 7.46. The van der Waals surface area contributed by atoms with Gasteiger partial charge in [0, 0.05) is 12.2 Å². The quantitative estimate of drug-likeness (QED) is 0.226. The van der Waals surface area contributed by atoms with Gasteiger partial charge in [-0.1, -0.05) is 92.3 Å². The molecule has 0 saturated carbocycles. The van der Waals surface area contributed by atoms with Crippen LogP contribution in [0.1, 0.15) is 82.5 Å². The lowest BCUT2D eigenvalue weighted by Crippen LogP contribution is -2.47. The van der Waals surface area contributed by atoms with Crippen LogP contribution < -0.4 is 10.6 Å². The first-order chi connectivity index (χ1) is 19.5. The zero-order valence-electron chi connectivity index (χ0n) is 25.4. The van der Waals surface area contributed by atoms with E-state index in [9.17, 15) is 14.4 Å². The number of aryl methyl sites for hydroxylation is 2. The second kappa shape index (κ2) is 14.7. The first kappa shape index (κ1) is 31.7. The Bertz CT molecular complexity index is 1330. The number of anilines is 1. The van der Waals surface area contributed by atoms with Crippen molar-refractivity contribution < 1.29 is 19.1 Å². The molecule has 0 radical (unpaired) electrons. The standard InChI is InChI=1S/C34H45N3O4/c1-7-8-9-10-13-18-37(30(38)23-35-33(40)41-34(4,5)6)31(28-20-24(2)19-25(3)21-28)32(39)36-29-17-16-26-14-11-12-15-27(26)22-29/h11-12,14-17,19-22,31H,7-10,13,18,23H2,1-6H3,(H,35,40)(H,36,39). The molecule has 41 heavy (non-hydrogen) atoms. The van der Waals surface area contributed by atoms with E-state index in [-0.39, 0.29) is 18.4 Å². The van der Waals surface area contributed by atoms with Crippen molar-refractivity contribution >= 4 is 34.4 Å². The van der Waals surface area contributed by atoms with Gasteiger partial charge in [0.05, 0.1) is 0 Å². The number of nitrogens with zero attached hydrogens (tertiary/aromatic N) is 1. The summed E-state index contributed by atoms with van der Waals surface area (Å²) < 4.78 is 5.33. The molecule has 0 aliphatic heterocycles. The average molecular weight is 560 g/mol. The summed E-state index contributed by atoms with van der Waals surface area (Å²) >= 11 is 0. The second-order valence-electron chi connectivity index (χ2n) is 11.7. The van der Waals surface area contributed by atoms with Crippen molar-refractivity contribution in [2.45, 2.75) is 85.3 Å². The molecule has 0 saturated heterocycles. The fourth-order valence-corrected chi connectivity index (χ4v) is 4.97. The van der Waals surface area contributed by atoms with Gasteiger partial charge in [-0.3, -0.25) is 9.59 Å². The lowest BCUT2D eigenvalue weighted by Gasteiger charge is -2.32. The summed E-state index contributed by atoms with van der Waals surface area (Å²) in [5.74, 6) is -0.645. The third kappa shape index (κ3) is 9.92. The second-order valence-corrected chi connectivity index (χ2v) is 11.7. The number of alkyl carbamates (subject to hydrolysis) is 1. The first-order valence-corrected chi connectivity index (χ1v) is 14.6. The number of unbranched alkanes of at least 4 members (excludes halogenated alkanes) is 4. The molecule has 220 valence electrons.